The molecule has 0 aliphatic carbocycles. The third-order valence-corrected chi connectivity index (χ3v) is 19.3. The molecular formula is C90H92O12. The van der Waals surface area contributed by atoms with E-state index in [4.69, 9.17) is 0 Å². The van der Waals surface area contributed by atoms with Crippen LogP contribution in [0.5, 0.6) is 69.0 Å². The number of hydrogen-bond donors (Lipinski definition) is 12. The predicted molar refractivity (Wildman–Crippen MR) is 407 cm³/mol. The summed E-state index contributed by atoms with van der Waals surface area (Å²) in [5.41, 5.74) is 24.4. The third kappa shape index (κ3) is 16.9. The highest BCUT2D eigenvalue weighted by molar-refractivity contribution is 5.60. The van der Waals surface area contributed by atoms with Crippen molar-refractivity contribution in [3.8, 4) is 69.0 Å². The van der Waals surface area contributed by atoms with Crippen LogP contribution in [0.25, 0.3) is 0 Å². The van der Waals surface area contributed by atoms with Crippen molar-refractivity contribution in [2.45, 2.75) is 121 Å². The van der Waals surface area contributed by atoms with Gasteiger partial charge in [0.1, 0.15) is 69.0 Å². The maximum absolute atomic E-state index is 10.5. The third-order valence-electron chi connectivity index (χ3n) is 19.3. The van der Waals surface area contributed by atoms with Gasteiger partial charge in [0, 0.05) is 29.2 Å². The molecule has 12 rings (SSSR count). The molecule has 12 N–H and O–H groups in total. The van der Waals surface area contributed by atoms with Gasteiger partial charge in [-0.05, 0) is 315 Å². The largest absolute Gasteiger partial charge is 0.508 e. The van der Waals surface area contributed by atoms with Gasteiger partial charge in [-0.1, -0.05) is 127 Å². The fraction of sp³-hybridized carbons (Fsp3) is 0.200. The lowest BCUT2D eigenvalue weighted by Crippen LogP contribution is -2.08. The standard InChI is InChI=1S/3C23H24O3.C21H20O3/c1-13-11-21(25)15(3)9-19(13)23(17-5-7-18(24)8-6-17)20-10-16(4)22(26)12-14(20)2;1-13-9-18(10-14(2)22(13)25)21(17-5-7-20(24)8-6-17)19-11-15(3)23(26)16(4)12-19;1-13-11-21(25)15(3)9-18(13)23(17-7-5-6-8-20(17)24)19-10-16(4)22(26)12-14(19)2;1-13-11-16(5-9-19(13)23)21(15-3-7-18(22)8-4-15)17-6-10-20(24)14(2)12-17/h5-12,23-26H,1-4H3;5-12,21,24-26H,1-4H3;5-12,23-26H,1-4H3;3-12,21-24H,1-2H3. The number of para-hydroxylation sites is 1. The number of phenols is 12. The van der Waals surface area contributed by atoms with Crippen LogP contribution >= 0.6 is 0 Å². The molecule has 0 bridgehead atoms. The van der Waals surface area contributed by atoms with Gasteiger partial charge < -0.3 is 61.3 Å². The van der Waals surface area contributed by atoms with Gasteiger partial charge in [-0.15, -0.1) is 0 Å². The number of phenolic OH excluding ortho intramolecular Hbond substituents is 12. The average molecular weight is 1370 g/mol. The van der Waals surface area contributed by atoms with Gasteiger partial charge in [0.15, 0.2) is 0 Å². The SMILES string of the molecule is Cc1cc(C(c2cc(C)c(O)cc2C)c2ccccc2O)c(C)cc1O.Cc1cc(C(c2ccc(O)cc2)c2cc(C)c(O)c(C)c2)cc(C)c1O.Cc1cc(C(c2ccc(O)cc2)c2cc(C)c(O)cc2C)c(C)cc1O.Cc1cc(C(c2ccc(O)cc2)c2ccc(O)c(C)c2)ccc1O. The number of rotatable bonds is 12. The van der Waals surface area contributed by atoms with Crippen LogP contribution in [0.4, 0.5) is 0 Å². The maximum atomic E-state index is 10.5. The van der Waals surface area contributed by atoms with Crippen LogP contribution in [0.15, 0.2) is 206 Å². The van der Waals surface area contributed by atoms with Crippen molar-refractivity contribution >= 4 is 0 Å². The molecule has 0 aliphatic rings. The topological polar surface area (TPSA) is 243 Å². The predicted octanol–water partition coefficient (Wildman–Crippen LogP) is 20.3. The van der Waals surface area contributed by atoms with Gasteiger partial charge in [-0.3, -0.25) is 0 Å². The Bertz CT molecular complexity index is 4740. The summed E-state index contributed by atoms with van der Waals surface area (Å²) >= 11 is 0. The van der Waals surface area contributed by atoms with E-state index in [-0.39, 0.29) is 81.2 Å². The zero-order valence-corrected chi connectivity index (χ0v) is 60.3. The first-order valence-corrected chi connectivity index (χ1v) is 33.8. The molecular weight excluding hydrogens is 1270 g/mol. The minimum absolute atomic E-state index is 0.0517. The lowest BCUT2D eigenvalue weighted by molar-refractivity contribution is 0.465. The van der Waals surface area contributed by atoms with Gasteiger partial charge in [0.25, 0.3) is 0 Å². The van der Waals surface area contributed by atoms with Crippen LogP contribution in [0.3, 0.4) is 0 Å². The summed E-state index contributed by atoms with van der Waals surface area (Å²) in [6.45, 7) is 26.7. The molecule has 0 aromatic heterocycles. The monoisotopic (exact) mass is 1360 g/mol. The Labute approximate surface area is 598 Å². The fourth-order valence-corrected chi connectivity index (χ4v) is 13.5. The molecule has 524 valence electrons. The quantitative estimate of drug-likeness (QED) is 0.0511. The van der Waals surface area contributed by atoms with Crippen molar-refractivity contribution in [2.75, 3.05) is 0 Å². The second-order valence-corrected chi connectivity index (χ2v) is 27.1. The van der Waals surface area contributed by atoms with E-state index < -0.39 is 0 Å². The van der Waals surface area contributed by atoms with E-state index in [0.717, 1.165) is 145 Å². The summed E-state index contributed by atoms with van der Waals surface area (Å²) in [6.07, 6.45) is 0. The Morgan fingerprint density at radius 2 is 0.412 bits per heavy atom. The van der Waals surface area contributed by atoms with E-state index in [0.29, 0.717) is 11.5 Å². The van der Waals surface area contributed by atoms with Crippen molar-refractivity contribution < 1.29 is 61.3 Å². The van der Waals surface area contributed by atoms with E-state index >= 15 is 0 Å². The lowest BCUT2D eigenvalue weighted by Gasteiger charge is -2.25. The molecule has 12 aromatic rings. The number of aromatic hydroxyl groups is 12. The second kappa shape index (κ2) is 31.6. The Morgan fingerprint density at radius 3 is 0.706 bits per heavy atom. The van der Waals surface area contributed by atoms with Crippen LogP contribution in [0, 0.1) is 96.9 Å². The minimum atomic E-state index is -0.199. The first kappa shape index (κ1) is 74.5. The van der Waals surface area contributed by atoms with Crippen LogP contribution in [0.2, 0.25) is 0 Å². The van der Waals surface area contributed by atoms with E-state index in [1.807, 2.05) is 218 Å². The van der Waals surface area contributed by atoms with Gasteiger partial charge in [0.2, 0.25) is 0 Å². The minimum Gasteiger partial charge on any atom is -0.508 e. The number of hydrogen-bond acceptors (Lipinski definition) is 12. The van der Waals surface area contributed by atoms with E-state index in [9.17, 15) is 61.3 Å². The molecule has 0 unspecified atom stereocenters. The first-order valence-electron chi connectivity index (χ1n) is 33.8. The molecule has 0 saturated carbocycles. The Morgan fingerprint density at radius 1 is 0.167 bits per heavy atom. The maximum Gasteiger partial charge on any atom is 0.121 e. The highest BCUT2D eigenvalue weighted by Crippen LogP contribution is 2.45. The molecule has 12 aromatic carbocycles. The van der Waals surface area contributed by atoms with Gasteiger partial charge >= 0.3 is 0 Å². The smallest absolute Gasteiger partial charge is 0.121 e. The second-order valence-electron chi connectivity index (χ2n) is 27.1. The molecule has 0 atom stereocenters. The summed E-state index contributed by atoms with van der Waals surface area (Å²) in [5.74, 6) is 2.80. The molecule has 0 heterocycles. The molecule has 0 saturated heterocycles. The summed E-state index contributed by atoms with van der Waals surface area (Å²) in [7, 11) is 0. The zero-order chi connectivity index (χ0) is 74.3. The molecule has 0 aliphatic heterocycles. The van der Waals surface area contributed by atoms with Crippen LogP contribution in [-0.2, 0) is 0 Å². The normalized spacial score (nSPS) is 11.1. The molecule has 0 radical (unpaired) electrons. The molecule has 0 spiro atoms. The summed E-state index contributed by atoms with van der Waals surface area (Å²) in [6, 6.07) is 63.1. The lowest BCUT2D eigenvalue weighted by atomic mass is 9.79. The Hall–Kier alpha value is -11.8. The zero-order valence-electron chi connectivity index (χ0n) is 60.3. The van der Waals surface area contributed by atoms with Crippen LogP contribution in [0.1, 0.15) is 168 Å². The summed E-state index contributed by atoms with van der Waals surface area (Å²) in [4.78, 5) is 0. The highest BCUT2D eigenvalue weighted by Gasteiger charge is 2.27. The van der Waals surface area contributed by atoms with Crippen molar-refractivity contribution in [3.05, 3.63) is 351 Å². The van der Waals surface area contributed by atoms with Crippen molar-refractivity contribution in [2.24, 2.45) is 0 Å². The van der Waals surface area contributed by atoms with Crippen LogP contribution < -0.4 is 0 Å². The molecule has 12 nitrogen and oxygen atoms in total. The van der Waals surface area contributed by atoms with Gasteiger partial charge in [-0.2, -0.15) is 0 Å². The summed E-state index contributed by atoms with van der Waals surface area (Å²) < 4.78 is 0. The first-order chi connectivity index (χ1) is 48.3. The number of aryl methyl sites for hydroxylation is 14. The van der Waals surface area contributed by atoms with Crippen molar-refractivity contribution in [3.63, 3.8) is 0 Å². The number of benzene rings is 12. The molecule has 102 heavy (non-hydrogen) atoms. The fourth-order valence-electron chi connectivity index (χ4n) is 13.5. The van der Waals surface area contributed by atoms with Gasteiger partial charge in [-0.25, -0.2) is 0 Å². The average Bonchev–Trinajstić information content (AvgIpc) is 0.782. The van der Waals surface area contributed by atoms with Crippen LogP contribution in [-0.4, -0.2) is 61.3 Å². The molecule has 0 amide bonds. The van der Waals surface area contributed by atoms with E-state index in [2.05, 4.69) is 0 Å². The van der Waals surface area contributed by atoms with E-state index in [1.165, 1.54) is 0 Å². The summed E-state index contributed by atoms with van der Waals surface area (Å²) in [5, 5.41) is 120. The highest BCUT2D eigenvalue weighted by atomic mass is 16.3. The van der Waals surface area contributed by atoms with E-state index in [1.54, 1.807) is 84.9 Å². The van der Waals surface area contributed by atoms with Crippen molar-refractivity contribution in [1.82, 2.24) is 0 Å². The molecule has 0 fully saturated rings. The Balaban J connectivity index is 0.000000158. The van der Waals surface area contributed by atoms with Gasteiger partial charge in [0.05, 0.1) is 0 Å². The Kier molecular flexibility index (Phi) is 23.1. The molecule has 12 heteroatoms. The van der Waals surface area contributed by atoms with Crippen molar-refractivity contribution in [1.29, 1.82) is 0 Å².